The lowest BCUT2D eigenvalue weighted by atomic mass is 10.1. The predicted molar refractivity (Wildman–Crippen MR) is 112 cm³/mol. The van der Waals surface area contributed by atoms with Crippen LogP contribution in [0.2, 0.25) is 0 Å². The summed E-state index contributed by atoms with van der Waals surface area (Å²) >= 11 is 0. The number of hydrogen-bond acceptors (Lipinski definition) is 5. The molecule has 0 unspecified atom stereocenters. The van der Waals surface area contributed by atoms with E-state index in [1.165, 1.54) is 12.0 Å². The Labute approximate surface area is 172 Å². The van der Waals surface area contributed by atoms with E-state index in [-0.39, 0.29) is 5.91 Å². The fourth-order valence-corrected chi connectivity index (χ4v) is 4.32. The van der Waals surface area contributed by atoms with E-state index in [1.54, 1.807) is 6.92 Å². The number of aryl methyl sites for hydroxylation is 1. The maximum Gasteiger partial charge on any atom is 0.219 e. The van der Waals surface area contributed by atoms with Gasteiger partial charge in [-0.25, -0.2) is 9.97 Å². The molecule has 2 aliphatic heterocycles. The molecule has 3 heterocycles. The number of ether oxygens (including phenoxy) is 1. The SMILES string of the molecule is CC(=O)N1CCc2nc([C@@H]3CCCN3CCCOc3ccccc3C)ncc2C1. The number of hydrogen-bond donors (Lipinski definition) is 0. The van der Waals surface area contributed by atoms with Crippen molar-refractivity contribution in [2.45, 2.75) is 52.1 Å². The Bertz CT molecular complexity index is 870. The summed E-state index contributed by atoms with van der Waals surface area (Å²) in [5, 5.41) is 0. The van der Waals surface area contributed by atoms with E-state index < -0.39 is 0 Å². The van der Waals surface area contributed by atoms with Crippen LogP contribution in [0.25, 0.3) is 0 Å². The first kappa shape index (κ1) is 19.8. The summed E-state index contributed by atoms with van der Waals surface area (Å²) in [7, 11) is 0. The molecule has 6 heteroatoms. The van der Waals surface area contributed by atoms with E-state index in [9.17, 15) is 4.79 Å². The maximum atomic E-state index is 11.6. The van der Waals surface area contributed by atoms with E-state index >= 15 is 0 Å². The van der Waals surface area contributed by atoms with Gasteiger partial charge < -0.3 is 9.64 Å². The number of fused-ring (bicyclic) bond motifs is 1. The Balaban J connectivity index is 1.34. The molecule has 0 saturated carbocycles. The largest absolute Gasteiger partial charge is 0.493 e. The summed E-state index contributed by atoms with van der Waals surface area (Å²) < 4.78 is 5.95. The van der Waals surface area contributed by atoms with Gasteiger partial charge in [0.15, 0.2) is 0 Å². The third kappa shape index (κ3) is 4.58. The number of amides is 1. The maximum absolute atomic E-state index is 11.6. The zero-order valence-corrected chi connectivity index (χ0v) is 17.4. The van der Waals surface area contributed by atoms with E-state index in [0.717, 1.165) is 68.3 Å². The van der Waals surface area contributed by atoms with Gasteiger partial charge in [-0.2, -0.15) is 0 Å². The average Bonchev–Trinajstić information content (AvgIpc) is 3.20. The van der Waals surface area contributed by atoms with Gasteiger partial charge in [0.25, 0.3) is 0 Å². The van der Waals surface area contributed by atoms with Crippen LogP contribution in [0.15, 0.2) is 30.5 Å². The molecule has 6 nitrogen and oxygen atoms in total. The van der Waals surface area contributed by atoms with Gasteiger partial charge in [-0.05, 0) is 44.4 Å². The van der Waals surface area contributed by atoms with Gasteiger partial charge in [0.2, 0.25) is 5.91 Å². The molecule has 1 fully saturated rings. The number of rotatable bonds is 6. The van der Waals surface area contributed by atoms with Gasteiger partial charge in [0.05, 0.1) is 18.3 Å². The van der Waals surface area contributed by atoms with Crippen LogP contribution in [0.5, 0.6) is 5.75 Å². The number of nitrogens with zero attached hydrogens (tertiary/aromatic N) is 4. The van der Waals surface area contributed by atoms with Crippen LogP contribution in [-0.4, -0.2) is 51.9 Å². The van der Waals surface area contributed by atoms with Gasteiger partial charge in [0, 0.05) is 44.7 Å². The third-order valence-electron chi connectivity index (χ3n) is 6.00. The van der Waals surface area contributed by atoms with E-state index in [4.69, 9.17) is 9.72 Å². The molecule has 1 saturated heterocycles. The lowest BCUT2D eigenvalue weighted by Gasteiger charge is -2.28. The Hall–Kier alpha value is -2.47. The second-order valence-electron chi connectivity index (χ2n) is 8.05. The van der Waals surface area contributed by atoms with Crippen molar-refractivity contribution in [3.8, 4) is 5.75 Å². The Morgan fingerprint density at radius 3 is 2.97 bits per heavy atom. The van der Waals surface area contributed by atoms with E-state index in [1.807, 2.05) is 29.3 Å². The zero-order valence-electron chi connectivity index (χ0n) is 17.4. The highest BCUT2D eigenvalue weighted by atomic mass is 16.5. The van der Waals surface area contributed by atoms with Crippen LogP contribution in [0, 0.1) is 6.92 Å². The van der Waals surface area contributed by atoms with Crippen molar-refractivity contribution in [2.75, 3.05) is 26.2 Å². The molecule has 0 N–H and O–H groups in total. The summed E-state index contributed by atoms with van der Waals surface area (Å²) in [6, 6.07) is 8.45. The summed E-state index contributed by atoms with van der Waals surface area (Å²) in [5.74, 6) is 2.04. The molecule has 1 aromatic carbocycles. The monoisotopic (exact) mass is 394 g/mol. The summed E-state index contributed by atoms with van der Waals surface area (Å²) in [5.41, 5.74) is 3.38. The fraction of sp³-hybridized carbons (Fsp3) is 0.522. The van der Waals surface area contributed by atoms with E-state index in [0.29, 0.717) is 12.6 Å². The van der Waals surface area contributed by atoms with Crippen LogP contribution in [0.4, 0.5) is 0 Å². The molecule has 0 spiro atoms. The number of aromatic nitrogens is 2. The summed E-state index contributed by atoms with van der Waals surface area (Å²) in [4.78, 5) is 25.6. The van der Waals surface area contributed by atoms with Gasteiger partial charge in [-0.15, -0.1) is 0 Å². The molecule has 29 heavy (non-hydrogen) atoms. The predicted octanol–water partition coefficient (Wildman–Crippen LogP) is 3.30. The highest BCUT2D eigenvalue weighted by Crippen LogP contribution is 2.31. The minimum absolute atomic E-state index is 0.120. The molecular formula is C23H30N4O2. The van der Waals surface area contributed by atoms with Gasteiger partial charge in [-0.1, -0.05) is 18.2 Å². The number of benzene rings is 1. The average molecular weight is 395 g/mol. The second-order valence-corrected chi connectivity index (χ2v) is 8.05. The molecule has 1 atom stereocenters. The molecule has 2 aromatic rings. The van der Waals surface area contributed by atoms with Crippen molar-refractivity contribution in [1.82, 2.24) is 19.8 Å². The molecular weight excluding hydrogens is 364 g/mol. The van der Waals surface area contributed by atoms with Crippen LogP contribution < -0.4 is 4.74 Å². The van der Waals surface area contributed by atoms with Gasteiger partial charge in [0.1, 0.15) is 11.6 Å². The number of para-hydroxylation sites is 1. The van der Waals surface area contributed by atoms with Crippen molar-refractivity contribution in [3.05, 3.63) is 53.1 Å². The number of carbonyl (C=O) groups is 1. The van der Waals surface area contributed by atoms with Crippen LogP contribution in [-0.2, 0) is 17.8 Å². The Kier molecular flexibility index (Phi) is 6.09. The molecule has 0 aliphatic carbocycles. The van der Waals surface area contributed by atoms with Crippen LogP contribution >= 0.6 is 0 Å². The Morgan fingerprint density at radius 2 is 2.14 bits per heavy atom. The smallest absolute Gasteiger partial charge is 0.219 e. The zero-order chi connectivity index (χ0) is 20.2. The first-order valence-corrected chi connectivity index (χ1v) is 10.6. The van der Waals surface area contributed by atoms with Gasteiger partial charge in [-0.3, -0.25) is 9.69 Å². The number of likely N-dealkylation sites (tertiary alicyclic amines) is 1. The van der Waals surface area contributed by atoms with Gasteiger partial charge >= 0.3 is 0 Å². The van der Waals surface area contributed by atoms with Crippen molar-refractivity contribution >= 4 is 5.91 Å². The lowest BCUT2D eigenvalue weighted by Crippen LogP contribution is -2.35. The first-order chi connectivity index (χ1) is 14.1. The molecule has 0 radical (unpaired) electrons. The molecule has 154 valence electrons. The third-order valence-corrected chi connectivity index (χ3v) is 6.00. The van der Waals surface area contributed by atoms with Crippen molar-refractivity contribution < 1.29 is 9.53 Å². The Morgan fingerprint density at radius 1 is 1.28 bits per heavy atom. The highest BCUT2D eigenvalue weighted by Gasteiger charge is 2.29. The normalized spacial score (nSPS) is 19.2. The first-order valence-electron chi connectivity index (χ1n) is 10.6. The highest BCUT2D eigenvalue weighted by molar-refractivity contribution is 5.73. The van der Waals surface area contributed by atoms with Crippen LogP contribution in [0.3, 0.4) is 0 Å². The van der Waals surface area contributed by atoms with Crippen molar-refractivity contribution in [2.24, 2.45) is 0 Å². The second kappa shape index (κ2) is 8.91. The minimum Gasteiger partial charge on any atom is -0.493 e. The molecule has 1 aromatic heterocycles. The number of carbonyl (C=O) groups excluding carboxylic acids is 1. The summed E-state index contributed by atoms with van der Waals surface area (Å²) in [6.45, 7) is 7.90. The lowest BCUT2D eigenvalue weighted by molar-refractivity contribution is -0.129. The van der Waals surface area contributed by atoms with Crippen LogP contribution in [0.1, 0.15) is 54.9 Å². The summed E-state index contributed by atoms with van der Waals surface area (Å²) in [6.07, 6.45) is 6.04. The standard InChI is InChI=1S/C23H30N4O2/c1-17-7-3-4-9-22(17)29-14-6-12-26-11-5-8-21(26)23-24-15-19-16-27(18(2)28)13-10-20(19)25-23/h3-4,7,9,15,21H,5-6,8,10-14,16H2,1-2H3/t21-/m0/s1. The van der Waals surface area contributed by atoms with Crippen molar-refractivity contribution in [3.63, 3.8) is 0 Å². The molecule has 2 aliphatic rings. The quantitative estimate of drug-likeness (QED) is 0.704. The topological polar surface area (TPSA) is 58.6 Å². The molecule has 4 rings (SSSR count). The van der Waals surface area contributed by atoms with E-state index in [2.05, 4.69) is 22.9 Å². The molecule has 1 amide bonds. The van der Waals surface area contributed by atoms with Crippen molar-refractivity contribution in [1.29, 1.82) is 0 Å². The molecule has 0 bridgehead atoms. The fourth-order valence-electron chi connectivity index (χ4n) is 4.32. The minimum atomic E-state index is 0.120.